The van der Waals surface area contributed by atoms with E-state index < -0.39 is 0 Å². The molecule has 23 heavy (non-hydrogen) atoms. The molecule has 0 bridgehead atoms. The lowest BCUT2D eigenvalue weighted by atomic mass is 10.0. The fourth-order valence-corrected chi connectivity index (χ4v) is 3.81. The van der Waals surface area contributed by atoms with Crippen molar-refractivity contribution in [3.63, 3.8) is 0 Å². The van der Waals surface area contributed by atoms with E-state index in [-0.39, 0.29) is 6.61 Å². The van der Waals surface area contributed by atoms with Crippen LogP contribution in [0.1, 0.15) is 27.5 Å². The van der Waals surface area contributed by atoms with E-state index in [9.17, 15) is 0 Å². The topological polar surface area (TPSA) is 20.2 Å². The maximum Gasteiger partial charge on any atom is 0.0681 e. The van der Waals surface area contributed by atoms with Gasteiger partial charge in [-0.15, -0.1) is 11.8 Å². The van der Waals surface area contributed by atoms with Crippen molar-refractivity contribution in [3.8, 4) is 0 Å². The Hall–Kier alpha value is -2.03. The maximum absolute atomic E-state index is 9.14. The standard InChI is InChI=1S/C21H20OS/c22-15-17-11-13-18(14-12-17)16-23-21(19-7-3-1-4-8-19)20-9-5-2-6-10-20/h1-14,21-22H,15-16H2. The van der Waals surface area contributed by atoms with Crippen LogP contribution in [0, 0.1) is 0 Å². The fourth-order valence-electron chi connectivity index (χ4n) is 2.56. The molecule has 3 rings (SSSR count). The monoisotopic (exact) mass is 320 g/mol. The van der Waals surface area contributed by atoms with Crippen molar-refractivity contribution >= 4 is 11.8 Å². The predicted molar refractivity (Wildman–Crippen MR) is 98.4 cm³/mol. The molecule has 3 aromatic rings. The Morgan fingerprint density at radius 2 is 1.13 bits per heavy atom. The second-order valence-corrected chi connectivity index (χ2v) is 6.58. The first kappa shape index (κ1) is 15.9. The number of aliphatic hydroxyl groups is 1. The summed E-state index contributed by atoms with van der Waals surface area (Å²) in [5.41, 5.74) is 4.90. The third-order valence-electron chi connectivity index (χ3n) is 3.83. The molecule has 1 N–H and O–H groups in total. The van der Waals surface area contributed by atoms with Crippen LogP contribution in [0.2, 0.25) is 0 Å². The molecule has 0 saturated heterocycles. The number of rotatable bonds is 6. The minimum absolute atomic E-state index is 0.101. The summed E-state index contributed by atoms with van der Waals surface area (Å²) in [7, 11) is 0. The molecule has 0 amide bonds. The second kappa shape index (κ2) is 8.00. The lowest BCUT2D eigenvalue weighted by Gasteiger charge is -2.18. The van der Waals surface area contributed by atoms with Crippen molar-refractivity contribution in [2.75, 3.05) is 0 Å². The van der Waals surface area contributed by atoms with Gasteiger partial charge in [-0.25, -0.2) is 0 Å². The lowest BCUT2D eigenvalue weighted by Crippen LogP contribution is -1.97. The molecule has 0 heterocycles. The molecule has 0 aliphatic heterocycles. The first-order valence-electron chi connectivity index (χ1n) is 7.77. The minimum Gasteiger partial charge on any atom is -0.392 e. The normalized spacial score (nSPS) is 10.9. The van der Waals surface area contributed by atoms with Crippen LogP contribution in [-0.4, -0.2) is 5.11 Å². The molecule has 3 aromatic carbocycles. The smallest absolute Gasteiger partial charge is 0.0681 e. The third kappa shape index (κ3) is 4.25. The van der Waals surface area contributed by atoms with E-state index in [0.717, 1.165) is 11.3 Å². The van der Waals surface area contributed by atoms with Crippen molar-refractivity contribution in [1.29, 1.82) is 0 Å². The molecule has 0 unspecified atom stereocenters. The van der Waals surface area contributed by atoms with Crippen LogP contribution in [0.4, 0.5) is 0 Å². The summed E-state index contributed by atoms with van der Waals surface area (Å²) in [6.07, 6.45) is 0. The Balaban J connectivity index is 1.79. The molecule has 0 radical (unpaired) electrons. The third-order valence-corrected chi connectivity index (χ3v) is 5.20. The van der Waals surface area contributed by atoms with E-state index in [4.69, 9.17) is 5.11 Å². The van der Waals surface area contributed by atoms with Gasteiger partial charge in [0.15, 0.2) is 0 Å². The van der Waals surface area contributed by atoms with Crippen LogP contribution in [0.5, 0.6) is 0 Å². The Morgan fingerprint density at radius 3 is 1.61 bits per heavy atom. The summed E-state index contributed by atoms with van der Waals surface area (Å²) in [5.74, 6) is 0.945. The largest absolute Gasteiger partial charge is 0.392 e. The average molecular weight is 320 g/mol. The molecule has 0 aliphatic rings. The van der Waals surface area contributed by atoms with E-state index in [2.05, 4.69) is 72.8 Å². The van der Waals surface area contributed by atoms with Crippen molar-refractivity contribution in [1.82, 2.24) is 0 Å². The minimum atomic E-state index is 0.101. The lowest BCUT2D eigenvalue weighted by molar-refractivity contribution is 0.282. The van der Waals surface area contributed by atoms with Gasteiger partial charge < -0.3 is 5.11 Å². The van der Waals surface area contributed by atoms with E-state index >= 15 is 0 Å². The summed E-state index contributed by atoms with van der Waals surface area (Å²) >= 11 is 1.93. The molecular weight excluding hydrogens is 300 g/mol. The molecule has 0 aromatic heterocycles. The van der Waals surface area contributed by atoms with Gasteiger partial charge in [-0.1, -0.05) is 84.9 Å². The van der Waals surface area contributed by atoms with E-state index in [1.54, 1.807) is 0 Å². The number of hydrogen-bond acceptors (Lipinski definition) is 2. The Morgan fingerprint density at radius 1 is 0.652 bits per heavy atom. The van der Waals surface area contributed by atoms with Crippen molar-refractivity contribution in [2.45, 2.75) is 17.6 Å². The number of hydrogen-bond donors (Lipinski definition) is 1. The van der Waals surface area contributed by atoms with Crippen molar-refractivity contribution < 1.29 is 5.11 Å². The van der Waals surface area contributed by atoms with Crippen LogP contribution >= 0.6 is 11.8 Å². The highest BCUT2D eigenvalue weighted by atomic mass is 32.2. The van der Waals surface area contributed by atoms with Crippen molar-refractivity contribution in [2.24, 2.45) is 0 Å². The van der Waals surface area contributed by atoms with Gasteiger partial charge in [0.05, 0.1) is 11.9 Å². The highest BCUT2D eigenvalue weighted by molar-refractivity contribution is 7.98. The number of thioether (sulfide) groups is 1. The van der Waals surface area contributed by atoms with Gasteiger partial charge in [0.25, 0.3) is 0 Å². The van der Waals surface area contributed by atoms with Gasteiger partial charge in [0, 0.05) is 5.75 Å². The van der Waals surface area contributed by atoms with E-state index in [0.29, 0.717) is 5.25 Å². The molecule has 0 atom stereocenters. The van der Waals surface area contributed by atoms with E-state index in [1.165, 1.54) is 16.7 Å². The molecule has 0 spiro atoms. The summed E-state index contributed by atoms with van der Waals surface area (Å²) in [4.78, 5) is 0. The van der Waals surface area contributed by atoms with Gasteiger partial charge in [0.2, 0.25) is 0 Å². The van der Waals surface area contributed by atoms with Crippen LogP contribution in [0.25, 0.3) is 0 Å². The van der Waals surface area contributed by atoms with Gasteiger partial charge in [-0.3, -0.25) is 0 Å². The summed E-state index contributed by atoms with van der Waals surface area (Å²) < 4.78 is 0. The van der Waals surface area contributed by atoms with Gasteiger partial charge in [0.1, 0.15) is 0 Å². The summed E-state index contributed by atoms with van der Waals surface area (Å²) in [6.45, 7) is 0.101. The summed E-state index contributed by atoms with van der Waals surface area (Å²) in [5, 5.41) is 9.47. The Bertz CT molecular complexity index is 668. The van der Waals surface area contributed by atoms with Gasteiger partial charge in [-0.05, 0) is 22.3 Å². The fraction of sp³-hybridized carbons (Fsp3) is 0.143. The van der Waals surface area contributed by atoms with Crippen LogP contribution < -0.4 is 0 Å². The zero-order valence-electron chi connectivity index (χ0n) is 12.9. The van der Waals surface area contributed by atoms with Crippen LogP contribution in [0.3, 0.4) is 0 Å². The summed E-state index contributed by atoms with van der Waals surface area (Å²) in [6, 6.07) is 29.5. The first-order valence-corrected chi connectivity index (χ1v) is 8.82. The van der Waals surface area contributed by atoms with Crippen LogP contribution in [0.15, 0.2) is 84.9 Å². The highest BCUT2D eigenvalue weighted by Crippen LogP contribution is 2.37. The number of aliphatic hydroxyl groups excluding tert-OH is 1. The van der Waals surface area contributed by atoms with E-state index in [1.807, 2.05) is 23.9 Å². The zero-order chi connectivity index (χ0) is 15.9. The van der Waals surface area contributed by atoms with Gasteiger partial charge >= 0.3 is 0 Å². The molecule has 1 nitrogen and oxygen atoms in total. The molecule has 0 aliphatic carbocycles. The molecule has 2 heteroatoms. The molecule has 116 valence electrons. The SMILES string of the molecule is OCc1ccc(CSC(c2ccccc2)c2ccccc2)cc1. The quantitative estimate of drug-likeness (QED) is 0.673. The van der Waals surface area contributed by atoms with Crippen molar-refractivity contribution in [3.05, 3.63) is 107 Å². The average Bonchev–Trinajstić information content (AvgIpc) is 2.64. The first-order chi connectivity index (χ1) is 11.4. The maximum atomic E-state index is 9.14. The van der Waals surface area contributed by atoms with Gasteiger partial charge in [-0.2, -0.15) is 0 Å². The Labute approximate surface area is 142 Å². The molecule has 0 saturated carbocycles. The number of benzene rings is 3. The second-order valence-electron chi connectivity index (χ2n) is 5.49. The molecular formula is C21H20OS. The predicted octanol–water partition coefficient (Wildman–Crippen LogP) is 5.20. The molecule has 0 fully saturated rings. The zero-order valence-corrected chi connectivity index (χ0v) is 13.7. The highest BCUT2D eigenvalue weighted by Gasteiger charge is 2.14. The Kier molecular flexibility index (Phi) is 5.51. The van der Waals surface area contributed by atoms with Crippen LogP contribution in [-0.2, 0) is 12.4 Å².